The summed E-state index contributed by atoms with van der Waals surface area (Å²) in [6.45, 7) is 1.91. The third kappa shape index (κ3) is 4.26. The molecule has 0 atom stereocenters. The molecule has 156 valence electrons. The average Bonchev–Trinajstić information content (AvgIpc) is 3.02. The Balaban J connectivity index is 1.56. The summed E-state index contributed by atoms with van der Waals surface area (Å²) < 4.78 is 28.7. The molecule has 0 spiro atoms. The van der Waals surface area contributed by atoms with Crippen LogP contribution >= 0.6 is 11.6 Å². The van der Waals surface area contributed by atoms with Gasteiger partial charge in [-0.25, -0.2) is 8.42 Å². The van der Waals surface area contributed by atoms with Crippen molar-refractivity contribution in [1.29, 1.82) is 0 Å². The van der Waals surface area contributed by atoms with Crippen LogP contribution < -0.4 is 10.5 Å². The molecule has 0 aliphatic carbocycles. The quantitative estimate of drug-likeness (QED) is 0.618. The van der Waals surface area contributed by atoms with Gasteiger partial charge in [0.1, 0.15) is 5.82 Å². The summed E-state index contributed by atoms with van der Waals surface area (Å²) in [4.78, 5) is 14.6. The Hall–Kier alpha value is -2.68. The number of sulfonamides is 1. The van der Waals surface area contributed by atoms with Crippen LogP contribution in [0, 0.1) is 0 Å². The van der Waals surface area contributed by atoms with E-state index in [0.29, 0.717) is 54.0 Å². The molecule has 1 aliphatic rings. The molecule has 0 radical (unpaired) electrons. The smallest absolute Gasteiger partial charge is 0.271 e. The molecule has 3 aromatic rings. The van der Waals surface area contributed by atoms with E-state index in [0.717, 1.165) is 0 Å². The fraction of sp³-hybridized carbons (Fsp3) is 0.238. The number of aromatic nitrogens is 2. The van der Waals surface area contributed by atoms with E-state index in [9.17, 15) is 13.2 Å². The maximum atomic E-state index is 12.9. The van der Waals surface area contributed by atoms with Crippen molar-refractivity contribution in [2.75, 3.05) is 31.1 Å². The lowest BCUT2D eigenvalue weighted by Gasteiger charge is -2.23. The van der Waals surface area contributed by atoms with Crippen LogP contribution in [-0.2, 0) is 10.0 Å². The molecule has 0 amide bonds. The molecule has 30 heavy (non-hydrogen) atoms. The van der Waals surface area contributed by atoms with E-state index in [-0.39, 0.29) is 5.56 Å². The van der Waals surface area contributed by atoms with Gasteiger partial charge in [-0.2, -0.15) is 8.99 Å². The molecular weight excluding hydrogens is 424 g/mol. The number of hydrogen-bond acceptors (Lipinski definition) is 5. The van der Waals surface area contributed by atoms with E-state index in [4.69, 9.17) is 11.6 Å². The fourth-order valence-corrected chi connectivity index (χ4v) is 5.06. The largest absolute Gasteiger partial charge is 0.354 e. The van der Waals surface area contributed by atoms with E-state index in [1.165, 1.54) is 15.1 Å². The number of hydrogen-bond donors (Lipinski definition) is 0. The van der Waals surface area contributed by atoms with Crippen molar-refractivity contribution in [3.63, 3.8) is 0 Å². The first-order valence-electron chi connectivity index (χ1n) is 9.62. The molecule has 1 saturated heterocycles. The minimum absolute atomic E-state index is 0.246. The minimum atomic E-state index is -3.53. The Morgan fingerprint density at radius 1 is 0.833 bits per heavy atom. The minimum Gasteiger partial charge on any atom is -0.354 e. The SMILES string of the molecule is O=c1ccc(N2CCCN(S(=O)(=O)c3ccccc3)CC2)nn1-c1ccc(Cl)cc1. The van der Waals surface area contributed by atoms with Gasteiger partial charge >= 0.3 is 0 Å². The number of anilines is 1. The molecule has 0 saturated carbocycles. The first-order valence-corrected chi connectivity index (χ1v) is 11.4. The van der Waals surface area contributed by atoms with E-state index in [1.807, 2.05) is 4.90 Å². The second-order valence-electron chi connectivity index (χ2n) is 6.98. The monoisotopic (exact) mass is 444 g/mol. The summed E-state index contributed by atoms with van der Waals surface area (Å²) in [6.07, 6.45) is 0.661. The summed E-state index contributed by atoms with van der Waals surface area (Å²) >= 11 is 5.94. The maximum Gasteiger partial charge on any atom is 0.271 e. The van der Waals surface area contributed by atoms with Crippen molar-refractivity contribution >= 4 is 27.4 Å². The molecule has 2 aromatic carbocycles. The third-order valence-corrected chi connectivity index (χ3v) is 7.18. The Labute approximate surface area is 180 Å². The highest BCUT2D eigenvalue weighted by Crippen LogP contribution is 2.20. The van der Waals surface area contributed by atoms with Gasteiger partial charge in [0.15, 0.2) is 0 Å². The molecular formula is C21H21ClN4O3S. The second-order valence-corrected chi connectivity index (χ2v) is 9.35. The third-order valence-electron chi connectivity index (χ3n) is 5.02. The van der Waals surface area contributed by atoms with Crippen LogP contribution in [0.25, 0.3) is 5.69 Å². The lowest BCUT2D eigenvalue weighted by atomic mass is 10.3. The first-order chi connectivity index (χ1) is 14.4. The number of halogens is 1. The van der Waals surface area contributed by atoms with Crippen LogP contribution in [0.1, 0.15) is 6.42 Å². The standard InChI is InChI=1S/C21H21ClN4O3S/c22-17-7-9-18(10-8-17)26-21(27)12-11-20(23-26)24-13-4-14-25(16-15-24)30(28,29)19-5-2-1-3-6-19/h1-3,5-12H,4,13-16H2. The van der Waals surface area contributed by atoms with Gasteiger partial charge in [0, 0.05) is 37.3 Å². The highest BCUT2D eigenvalue weighted by molar-refractivity contribution is 7.89. The lowest BCUT2D eigenvalue weighted by molar-refractivity contribution is 0.433. The van der Waals surface area contributed by atoms with Gasteiger partial charge in [0.2, 0.25) is 10.0 Å². The van der Waals surface area contributed by atoms with E-state index in [1.54, 1.807) is 60.7 Å². The number of nitrogens with zero attached hydrogens (tertiary/aromatic N) is 4. The van der Waals surface area contributed by atoms with Gasteiger partial charge in [-0.3, -0.25) is 4.79 Å². The van der Waals surface area contributed by atoms with Gasteiger partial charge in [-0.05, 0) is 48.9 Å². The number of rotatable bonds is 4. The molecule has 0 N–H and O–H groups in total. The van der Waals surface area contributed by atoms with Crippen LogP contribution in [0.15, 0.2) is 76.4 Å². The second kappa shape index (κ2) is 8.59. The molecule has 1 fully saturated rings. The first kappa shape index (κ1) is 20.6. The molecule has 2 heterocycles. The molecule has 4 rings (SSSR count). The van der Waals surface area contributed by atoms with E-state index < -0.39 is 10.0 Å². The highest BCUT2D eigenvalue weighted by Gasteiger charge is 2.27. The van der Waals surface area contributed by atoms with Gasteiger partial charge in [0.05, 0.1) is 10.6 Å². The number of benzene rings is 2. The van der Waals surface area contributed by atoms with Crippen molar-refractivity contribution in [1.82, 2.24) is 14.1 Å². The molecule has 7 nitrogen and oxygen atoms in total. The van der Waals surface area contributed by atoms with Crippen molar-refractivity contribution in [3.05, 3.63) is 82.1 Å². The predicted molar refractivity (Wildman–Crippen MR) is 117 cm³/mol. The van der Waals surface area contributed by atoms with Gasteiger partial charge < -0.3 is 4.90 Å². The molecule has 1 aliphatic heterocycles. The topological polar surface area (TPSA) is 75.5 Å². The Bertz CT molecular complexity index is 1180. The molecule has 0 bridgehead atoms. The maximum absolute atomic E-state index is 12.9. The van der Waals surface area contributed by atoms with Crippen LogP contribution in [0.3, 0.4) is 0 Å². The summed E-state index contributed by atoms with van der Waals surface area (Å²) in [5, 5.41) is 5.08. The Morgan fingerprint density at radius 3 is 2.30 bits per heavy atom. The van der Waals surface area contributed by atoms with Crippen LogP contribution in [0.5, 0.6) is 0 Å². The summed E-state index contributed by atoms with van der Waals surface area (Å²) in [7, 11) is -3.53. The van der Waals surface area contributed by atoms with Crippen molar-refractivity contribution < 1.29 is 8.42 Å². The van der Waals surface area contributed by atoms with Gasteiger partial charge in [-0.1, -0.05) is 29.8 Å². The zero-order chi connectivity index (χ0) is 21.1. The van der Waals surface area contributed by atoms with Crippen molar-refractivity contribution in [2.24, 2.45) is 0 Å². The fourth-order valence-electron chi connectivity index (χ4n) is 3.44. The van der Waals surface area contributed by atoms with Gasteiger partial charge in [-0.15, -0.1) is 5.10 Å². The van der Waals surface area contributed by atoms with E-state index >= 15 is 0 Å². The summed E-state index contributed by atoms with van der Waals surface area (Å²) in [5.41, 5.74) is 0.374. The zero-order valence-electron chi connectivity index (χ0n) is 16.2. The lowest BCUT2D eigenvalue weighted by Crippen LogP contribution is -2.36. The van der Waals surface area contributed by atoms with Crippen molar-refractivity contribution in [3.8, 4) is 5.69 Å². The summed E-state index contributed by atoms with van der Waals surface area (Å²) in [5.74, 6) is 0.628. The Kier molecular flexibility index (Phi) is 5.90. The average molecular weight is 445 g/mol. The summed E-state index contributed by atoms with van der Waals surface area (Å²) in [6, 6.07) is 18.5. The zero-order valence-corrected chi connectivity index (χ0v) is 17.8. The molecule has 0 unspecified atom stereocenters. The van der Waals surface area contributed by atoms with Gasteiger partial charge in [0.25, 0.3) is 5.56 Å². The van der Waals surface area contributed by atoms with E-state index in [2.05, 4.69) is 5.10 Å². The Morgan fingerprint density at radius 2 is 1.57 bits per heavy atom. The van der Waals surface area contributed by atoms with Crippen molar-refractivity contribution in [2.45, 2.75) is 11.3 Å². The predicted octanol–water partition coefficient (Wildman–Crippen LogP) is 2.79. The normalized spacial score (nSPS) is 15.7. The molecule has 1 aromatic heterocycles. The van der Waals surface area contributed by atoms with Crippen LogP contribution in [0.2, 0.25) is 5.02 Å². The van der Waals surface area contributed by atoms with Crippen LogP contribution in [0.4, 0.5) is 5.82 Å². The molecule has 9 heteroatoms. The highest BCUT2D eigenvalue weighted by atomic mass is 35.5. The van der Waals surface area contributed by atoms with Crippen LogP contribution in [-0.4, -0.2) is 48.7 Å².